The van der Waals surface area contributed by atoms with Crippen molar-refractivity contribution in [2.75, 3.05) is 4.90 Å². The number of hydrogen-bond acceptors (Lipinski definition) is 8. The molecule has 0 aliphatic heterocycles. The van der Waals surface area contributed by atoms with Crippen molar-refractivity contribution < 1.29 is 24.1 Å². The van der Waals surface area contributed by atoms with E-state index in [2.05, 4.69) is 50.2 Å². The van der Waals surface area contributed by atoms with Crippen molar-refractivity contribution in [3.8, 4) is 0 Å². The van der Waals surface area contributed by atoms with Crippen LogP contribution < -0.4 is 4.90 Å². The van der Waals surface area contributed by atoms with Crippen LogP contribution in [0.5, 0.6) is 0 Å². The minimum atomic E-state index is -0.484. The SMILES string of the molecule is CC(=O)ON=C(C)C1=CC(C)C(N(c2ccc(C(=O)c3ccccc3Br)cc2)c2ccc(C(C)=NOC(C)=O)cc2)C=C1. The van der Waals surface area contributed by atoms with E-state index in [0.717, 1.165) is 27.0 Å². The number of allylic oxidation sites excluding steroid dienone is 2. The molecule has 2 atom stereocenters. The van der Waals surface area contributed by atoms with Crippen molar-refractivity contribution in [3.63, 3.8) is 0 Å². The zero-order valence-electron chi connectivity index (χ0n) is 24.6. The van der Waals surface area contributed by atoms with Crippen LogP contribution in [0, 0.1) is 5.92 Å². The fourth-order valence-electron chi connectivity index (χ4n) is 4.68. The second-order valence-electron chi connectivity index (χ2n) is 10.1. The molecule has 0 saturated heterocycles. The number of ketones is 1. The number of benzene rings is 3. The first-order valence-electron chi connectivity index (χ1n) is 13.7. The summed E-state index contributed by atoms with van der Waals surface area (Å²) in [6.45, 7) is 8.29. The normalized spacial score (nSPS) is 16.7. The third kappa shape index (κ3) is 7.81. The molecule has 3 aromatic carbocycles. The van der Waals surface area contributed by atoms with Crippen LogP contribution in [-0.4, -0.2) is 35.2 Å². The van der Waals surface area contributed by atoms with E-state index in [-0.39, 0.29) is 17.7 Å². The van der Waals surface area contributed by atoms with Gasteiger partial charge in [-0.15, -0.1) is 0 Å². The van der Waals surface area contributed by atoms with Gasteiger partial charge >= 0.3 is 11.9 Å². The van der Waals surface area contributed by atoms with E-state index in [1.54, 1.807) is 19.9 Å². The number of halogens is 1. The van der Waals surface area contributed by atoms with Crippen molar-refractivity contribution >= 4 is 56.4 Å². The van der Waals surface area contributed by atoms with Crippen molar-refractivity contribution in [2.45, 2.75) is 40.7 Å². The Kier molecular flexibility index (Phi) is 10.2. The molecule has 1 aliphatic rings. The van der Waals surface area contributed by atoms with Crippen LogP contribution >= 0.6 is 15.9 Å². The van der Waals surface area contributed by atoms with Gasteiger partial charge in [-0.3, -0.25) is 4.79 Å². The summed E-state index contributed by atoms with van der Waals surface area (Å²) >= 11 is 3.48. The number of nitrogens with zero attached hydrogens (tertiary/aromatic N) is 3. The highest BCUT2D eigenvalue weighted by Gasteiger charge is 2.27. The maximum Gasteiger partial charge on any atom is 0.331 e. The third-order valence-electron chi connectivity index (χ3n) is 6.88. The molecule has 9 heteroatoms. The molecule has 8 nitrogen and oxygen atoms in total. The van der Waals surface area contributed by atoms with Gasteiger partial charge in [-0.1, -0.05) is 75.7 Å². The van der Waals surface area contributed by atoms with Gasteiger partial charge in [0.25, 0.3) is 0 Å². The molecule has 0 N–H and O–H groups in total. The molecule has 0 bridgehead atoms. The van der Waals surface area contributed by atoms with E-state index in [1.807, 2.05) is 72.8 Å². The molecule has 0 saturated carbocycles. The molecule has 1 aliphatic carbocycles. The molecule has 0 aromatic heterocycles. The van der Waals surface area contributed by atoms with Crippen molar-refractivity contribution in [1.82, 2.24) is 0 Å². The maximum absolute atomic E-state index is 13.2. The summed E-state index contributed by atoms with van der Waals surface area (Å²) in [5.41, 5.74) is 5.84. The average molecular weight is 643 g/mol. The van der Waals surface area contributed by atoms with E-state index in [0.29, 0.717) is 22.6 Å². The second kappa shape index (κ2) is 14.0. The molecule has 0 radical (unpaired) electrons. The van der Waals surface area contributed by atoms with Crippen LogP contribution in [0.2, 0.25) is 0 Å². The Bertz CT molecular complexity index is 1640. The van der Waals surface area contributed by atoms with E-state index < -0.39 is 11.9 Å². The lowest BCUT2D eigenvalue weighted by Crippen LogP contribution is -2.36. The van der Waals surface area contributed by atoms with Gasteiger partial charge in [0.15, 0.2) is 5.78 Å². The Labute approximate surface area is 259 Å². The summed E-state index contributed by atoms with van der Waals surface area (Å²) in [5.74, 6) is -0.994. The Balaban J connectivity index is 1.69. The fraction of sp³-hybridized carbons (Fsp3) is 0.206. The number of carbonyl (C=O) groups excluding carboxylic acids is 3. The Morgan fingerprint density at radius 3 is 1.81 bits per heavy atom. The molecule has 0 amide bonds. The lowest BCUT2D eigenvalue weighted by Gasteiger charge is -2.37. The summed E-state index contributed by atoms with van der Waals surface area (Å²) in [7, 11) is 0. The van der Waals surface area contributed by atoms with E-state index in [4.69, 9.17) is 9.68 Å². The van der Waals surface area contributed by atoms with Crippen molar-refractivity contribution in [3.05, 3.63) is 118 Å². The Hall–Kier alpha value is -4.63. The Morgan fingerprint density at radius 1 is 0.744 bits per heavy atom. The van der Waals surface area contributed by atoms with Gasteiger partial charge in [0.2, 0.25) is 0 Å². The quantitative estimate of drug-likeness (QED) is 0.104. The molecule has 43 heavy (non-hydrogen) atoms. The summed E-state index contributed by atoms with van der Waals surface area (Å²) in [4.78, 5) is 47.4. The first-order chi connectivity index (χ1) is 20.5. The highest BCUT2D eigenvalue weighted by molar-refractivity contribution is 9.10. The molecule has 3 aromatic rings. The fourth-order valence-corrected chi connectivity index (χ4v) is 5.14. The van der Waals surface area contributed by atoms with Crippen molar-refractivity contribution in [2.24, 2.45) is 16.2 Å². The molecule has 0 spiro atoms. The van der Waals surface area contributed by atoms with Crippen LogP contribution in [-0.2, 0) is 19.3 Å². The smallest absolute Gasteiger partial charge is 0.331 e. The zero-order chi connectivity index (χ0) is 31.1. The summed E-state index contributed by atoms with van der Waals surface area (Å²) in [6.07, 6.45) is 6.15. The highest BCUT2D eigenvalue weighted by Crippen LogP contribution is 2.35. The molecular formula is C34H32BrN3O5. The molecule has 220 valence electrons. The highest BCUT2D eigenvalue weighted by atomic mass is 79.9. The number of oxime groups is 2. The van der Waals surface area contributed by atoms with Crippen LogP contribution in [0.15, 0.2) is 111 Å². The Morgan fingerprint density at radius 2 is 1.28 bits per heavy atom. The topological polar surface area (TPSA) is 97.6 Å². The van der Waals surface area contributed by atoms with Gasteiger partial charge < -0.3 is 14.6 Å². The monoisotopic (exact) mass is 641 g/mol. The number of anilines is 2. The van der Waals surface area contributed by atoms with Gasteiger partial charge in [0.1, 0.15) is 0 Å². The average Bonchev–Trinajstić information content (AvgIpc) is 3.00. The van der Waals surface area contributed by atoms with Crippen LogP contribution in [0.25, 0.3) is 0 Å². The van der Waals surface area contributed by atoms with Gasteiger partial charge in [0.05, 0.1) is 17.5 Å². The zero-order valence-corrected chi connectivity index (χ0v) is 26.2. The number of rotatable bonds is 9. The number of hydrogen-bond donors (Lipinski definition) is 0. The van der Waals surface area contributed by atoms with Crippen LogP contribution in [0.4, 0.5) is 11.4 Å². The van der Waals surface area contributed by atoms with Gasteiger partial charge in [-0.2, -0.15) is 0 Å². The molecule has 0 fully saturated rings. The molecule has 2 unspecified atom stereocenters. The van der Waals surface area contributed by atoms with Gasteiger partial charge in [0, 0.05) is 40.8 Å². The first-order valence-corrected chi connectivity index (χ1v) is 14.5. The molecule has 4 rings (SSSR count). The van der Waals surface area contributed by atoms with Crippen molar-refractivity contribution in [1.29, 1.82) is 0 Å². The standard InChI is InChI=1S/C34H32BrN3O5/c1-21-20-28(23(3)37-43-25(5)40)14-19-33(21)38(29-15-10-26(11-16-29)22(2)36-42-24(4)39)30-17-12-27(13-18-30)34(41)31-8-6-7-9-32(31)35/h6-21,33H,1-5H3. The molecule has 0 heterocycles. The third-order valence-corrected chi connectivity index (χ3v) is 7.57. The maximum atomic E-state index is 13.2. The largest absolute Gasteiger partial charge is 0.334 e. The minimum absolute atomic E-state index is 0.0380. The van der Waals surface area contributed by atoms with E-state index >= 15 is 0 Å². The minimum Gasteiger partial charge on any atom is -0.334 e. The van der Waals surface area contributed by atoms with Crippen LogP contribution in [0.1, 0.15) is 56.1 Å². The van der Waals surface area contributed by atoms with Gasteiger partial charge in [-0.25, -0.2) is 9.59 Å². The van der Waals surface area contributed by atoms with Gasteiger partial charge in [-0.05, 0) is 79.4 Å². The first kappa shape index (κ1) is 31.3. The lowest BCUT2D eigenvalue weighted by molar-refractivity contribution is -0.141. The molecular weight excluding hydrogens is 610 g/mol. The predicted octanol–water partition coefficient (Wildman–Crippen LogP) is 7.55. The summed E-state index contributed by atoms with van der Waals surface area (Å²) < 4.78 is 0.745. The lowest BCUT2D eigenvalue weighted by atomic mass is 9.89. The van der Waals surface area contributed by atoms with E-state index in [1.165, 1.54) is 13.8 Å². The van der Waals surface area contributed by atoms with Crippen LogP contribution in [0.3, 0.4) is 0 Å². The summed E-state index contributed by atoms with van der Waals surface area (Å²) in [6, 6.07) is 22.6. The summed E-state index contributed by atoms with van der Waals surface area (Å²) in [5, 5.41) is 7.83. The second-order valence-corrected chi connectivity index (χ2v) is 11.0. The number of carbonyl (C=O) groups is 3. The predicted molar refractivity (Wildman–Crippen MR) is 172 cm³/mol. The van der Waals surface area contributed by atoms with E-state index in [9.17, 15) is 14.4 Å².